The van der Waals surface area contributed by atoms with Crippen molar-refractivity contribution >= 4 is 23.4 Å². The van der Waals surface area contributed by atoms with Crippen molar-refractivity contribution in [2.24, 2.45) is 0 Å². The minimum Gasteiger partial charge on any atom is -0.325 e. The Labute approximate surface area is 170 Å². The molecule has 4 rings (SSSR count). The highest BCUT2D eigenvalue weighted by atomic mass is 32.2. The molecule has 8 heteroatoms. The molecule has 28 heavy (non-hydrogen) atoms. The van der Waals surface area contributed by atoms with Crippen LogP contribution >= 0.6 is 11.8 Å². The Bertz CT molecular complexity index is 765. The number of hydrogen-bond acceptors (Lipinski definition) is 6. The van der Waals surface area contributed by atoms with Crippen molar-refractivity contribution in [2.75, 3.05) is 24.2 Å². The number of rotatable bonds is 7. The average molecular weight is 401 g/mol. The summed E-state index contributed by atoms with van der Waals surface area (Å²) in [5, 5.41) is 15.8. The fourth-order valence-electron chi connectivity index (χ4n) is 4.05. The van der Waals surface area contributed by atoms with Gasteiger partial charge >= 0.3 is 0 Å². The van der Waals surface area contributed by atoms with Gasteiger partial charge in [0.2, 0.25) is 11.1 Å². The first kappa shape index (κ1) is 19.4. The van der Waals surface area contributed by atoms with E-state index in [4.69, 9.17) is 0 Å². The maximum atomic E-state index is 12.3. The Kier molecular flexibility index (Phi) is 6.59. The monoisotopic (exact) mass is 400 g/mol. The van der Waals surface area contributed by atoms with Crippen LogP contribution in [0, 0.1) is 0 Å². The van der Waals surface area contributed by atoms with E-state index in [0.717, 1.165) is 30.2 Å². The van der Waals surface area contributed by atoms with Gasteiger partial charge in [0.1, 0.15) is 0 Å². The minimum atomic E-state index is -0.0320. The lowest BCUT2D eigenvalue weighted by molar-refractivity contribution is -0.113. The quantitative estimate of drug-likeness (QED) is 0.717. The van der Waals surface area contributed by atoms with Crippen LogP contribution in [0.1, 0.15) is 56.6 Å². The van der Waals surface area contributed by atoms with Crippen LogP contribution in [0.5, 0.6) is 0 Å². The molecular weight excluding hydrogens is 372 g/mol. The van der Waals surface area contributed by atoms with Crippen LogP contribution in [-0.2, 0) is 11.3 Å². The maximum Gasteiger partial charge on any atom is 0.234 e. The lowest BCUT2D eigenvalue weighted by Gasteiger charge is -2.21. The first-order valence-corrected chi connectivity index (χ1v) is 11.3. The van der Waals surface area contributed by atoms with Gasteiger partial charge in [-0.3, -0.25) is 9.69 Å². The fourth-order valence-corrected chi connectivity index (χ4v) is 4.80. The van der Waals surface area contributed by atoms with Crippen molar-refractivity contribution in [2.45, 2.75) is 62.7 Å². The molecule has 0 spiro atoms. The molecule has 2 aromatic rings. The smallest absolute Gasteiger partial charge is 0.234 e. The number of amides is 1. The summed E-state index contributed by atoms with van der Waals surface area (Å²) >= 11 is 1.41. The number of tetrazole rings is 1. The second-order valence-electron chi connectivity index (χ2n) is 7.71. The fraction of sp³-hybridized carbons (Fsp3) is 0.600. The van der Waals surface area contributed by atoms with Crippen molar-refractivity contribution in [3.63, 3.8) is 0 Å². The molecule has 1 saturated carbocycles. The second-order valence-corrected chi connectivity index (χ2v) is 8.66. The van der Waals surface area contributed by atoms with E-state index in [0.29, 0.717) is 11.8 Å². The van der Waals surface area contributed by atoms with E-state index in [9.17, 15) is 4.79 Å². The van der Waals surface area contributed by atoms with Gasteiger partial charge in [-0.05, 0) is 66.9 Å². The van der Waals surface area contributed by atoms with Gasteiger partial charge in [-0.1, -0.05) is 43.2 Å². The molecule has 1 aromatic carbocycles. The molecule has 2 aliphatic rings. The second kappa shape index (κ2) is 9.52. The van der Waals surface area contributed by atoms with E-state index >= 15 is 0 Å². The lowest BCUT2D eigenvalue weighted by Crippen LogP contribution is -2.18. The summed E-state index contributed by atoms with van der Waals surface area (Å²) in [4.78, 5) is 14.8. The molecule has 1 saturated heterocycles. The molecular formula is C20H28N6OS. The third kappa shape index (κ3) is 5.11. The zero-order valence-electron chi connectivity index (χ0n) is 16.2. The average Bonchev–Trinajstić information content (AvgIpc) is 3.40. The number of hydrogen-bond donors (Lipinski definition) is 1. The molecule has 1 aromatic heterocycles. The number of benzene rings is 1. The number of nitrogens with zero attached hydrogens (tertiary/aromatic N) is 5. The highest BCUT2D eigenvalue weighted by molar-refractivity contribution is 7.99. The van der Waals surface area contributed by atoms with Crippen molar-refractivity contribution in [3.05, 3.63) is 29.8 Å². The summed E-state index contributed by atoms with van der Waals surface area (Å²) in [7, 11) is 0. The van der Waals surface area contributed by atoms with E-state index in [1.807, 2.05) is 16.8 Å². The van der Waals surface area contributed by atoms with Crippen LogP contribution in [0.3, 0.4) is 0 Å². The van der Waals surface area contributed by atoms with Gasteiger partial charge in [0, 0.05) is 12.2 Å². The Balaban J connectivity index is 1.26. The van der Waals surface area contributed by atoms with Crippen molar-refractivity contribution in [3.8, 4) is 0 Å². The molecule has 1 aliphatic heterocycles. The predicted molar refractivity (Wildman–Crippen MR) is 110 cm³/mol. The van der Waals surface area contributed by atoms with E-state index in [1.165, 1.54) is 62.5 Å². The Morgan fingerprint density at radius 1 is 1.07 bits per heavy atom. The first-order chi connectivity index (χ1) is 13.8. The third-order valence-corrected chi connectivity index (χ3v) is 6.49. The molecule has 0 bridgehead atoms. The van der Waals surface area contributed by atoms with E-state index in [2.05, 4.69) is 37.9 Å². The van der Waals surface area contributed by atoms with Gasteiger partial charge in [0.15, 0.2) is 0 Å². The van der Waals surface area contributed by atoms with Gasteiger partial charge < -0.3 is 5.32 Å². The molecule has 150 valence electrons. The third-order valence-electron chi connectivity index (χ3n) is 5.56. The molecule has 2 heterocycles. The summed E-state index contributed by atoms with van der Waals surface area (Å²) in [5.74, 6) is 0.276. The molecule has 0 unspecified atom stereocenters. The zero-order chi connectivity index (χ0) is 19.2. The van der Waals surface area contributed by atoms with Crippen LogP contribution in [0.15, 0.2) is 29.4 Å². The number of likely N-dealkylation sites (tertiary alicyclic amines) is 1. The molecule has 0 atom stereocenters. The number of nitrogens with one attached hydrogen (secondary N) is 1. The Morgan fingerprint density at radius 2 is 1.82 bits per heavy atom. The van der Waals surface area contributed by atoms with Crippen molar-refractivity contribution in [1.82, 2.24) is 25.1 Å². The predicted octanol–water partition coefficient (Wildman–Crippen LogP) is 3.50. The number of carbonyl (C=O) groups is 1. The van der Waals surface area contributed by atoms with Crippen molar-refractivity contribution < 1.29 is 4.79 Å². The number of carbonyl (C=O) groups excluding carboxylic acids is 1. The summed E-state index contributed by atoms with van der Waals surface area (Å²) in [6.45, 7) is 3.37. The summed E-state index contributed by atoms with van der Waals surface area (Å²) in [6.07, 6.45) is 8.58. The largest absolute Gasteiger partial charge is 0.325 e. The van der Waals surface area contributed by atoms with Crippen LogP contribution in [0.25, 0.3) is 0 Å². The van der Waals surface area contributed by atoms with Crippen LogP contribution in [-0.4, -0.2) is 49.9 Å². The topological polar surface area (TPSA) is 75.9 Å². The van der Waals surface area contributed by atoms with E-state index in [1.54, 1.807) is 0 Å². The van der Waals surface area contributed by atoms with Gasteiger partial charge in [0.25, 0.3) is 0 Å². The number of anilines is 1. The number of thioether (sulfide) groups is 1. The normalized spacial score (nSPS) is 18.4. The van der Waals surface area contributed by atoms with E-state index < -0.39 is 0 Å². The standard InChI is InChI=1S/C20H28N6OS/c27-19(15-28-20-22-23-24-26(20)18-6-2-1-3-7-18)21-17-10-8-16(9-11-17)14-25-12-4-5-13-25/h8-11,18H,1-7,12-15H2,(H,21,27). The summed E-state index contributed by atoms with van der Waals surface area (Å²) < 4.78 is 1.91. The zero-order valence-corrected chi connectivity index (χ0v) is 17.0. The van der Waals surface area contributed by atoms with Gasteiger partial charge in [0.05, 0.1) is 11.8 Å². The molecule has 2 fully saturated rings. The van der Waals surface area contributed by atoms with Gasteiger partial charge in [-0.15, -0.1) is 5.10 Å². The molecule has 1 N–H and O–H groups in total. The summed E-state index contributed by atoms with van der Waals surface area (Å²) in [5.41, 5.74) is 2.13. The van der Waals surface area contributed by atoms with Crippen LogP contribution in [0.2, 0.25) is 0 Å². The van der Waals surface area contributed by atoms with Gasteiger partial charge in [-0.25, -0.2) is 4.68 Å². The molecule has 7 nitrogen and oxygen atoms in total. The molecule has 1 aliphatic carbocycles. The highest BCUT2D eigenvalue weighted by Gasteiger charge is 2.20. The molecule has 1 amide bonds. The Hall–Kier alpha value is -1.93. The first-order valence-electron chi connectivity index (χ1n) is 10.3. The minimum absolute atomic E-state index is 0.0320. The SMILES string of the molecule is O=C(CSc1nnnn1C1CCCCC1)Nc1ccc(CN2CCCC2)cc1. The van der Waals surface area contributed by atoms with Crippen molar-refractivity contribution in [1.29, 1.82) is 0 Å². The van der Waals surface area contributed by atoms with E-state index in [-0.39, 0.29) is 5.91 Å². The molecule has 0 radical (unpaired) electrons. The Morgan fingerprint density at radius 3 is 2.57 bits per heavy atom. The van der Waals surface area contributed by atoms with Crippen LogP contribution < -0.4 is 5.32 Å². The lowest BCUT2D eigenvalue weighted by atomic mass is 9.96. The maximum absolute atomic E-state index is 12.3. The highest BCUT2D eigenvalue weighted by Crippen LogP contribution is 2.30. The summed E-state index contributed by atoms with van der Waals surface area (Å²) in [6, 6.07) is 8.55. The van der Waals surface area contributed by atoms with Crippen LogP contribution in [0.4, 0.5) is 5.69 Å². The number of aromatic nitrogens is 4. The van der Waals surface area contributed by atoms with Gasteiger partial charge in [-0.2, -0.15) is 0 Å².